The SMILES string of the molecule is Fc1cc[c]([Mg][Br])c2ccccc12. The van der Waals surface area contributed by atoms with E-state index in [0.717, 1.165) is 10.8 Å². The van der Waals surface area contributed by atoms with Gasteiger partial charge in [0.1, 0.15) is 5.82 Å². The Kier molecular flexibility index (Phi) is 2.86. The molecule has 0 saturated heterocycles. The fourth-order valence-electron chi connectivity index (χ4n) is 1.44. The number of hydrogen-bond donors (Lipinski definition) is 0. The molecule has 0 aliphatic carbocycles. The van der Waals surface area contributed by atoms with Crippen molar-refractivity contribution in [2.24, 2.45) is 0 Å². The van der Waals surface area contributed by atoms with Crippen molar-refractivity contribution in [1.82, 2.24) is 0 Å². The molecule has 0 amide bonds. The molecule has 2 aromatic carbocycles. The maximum atomic E-state index is 13.3. The molecule has 0 radical (unpaired) electrons. The summed E-state index contributed by atoms with van der Waals surface area (Å²) in [6.07, 6.45) is 0. The summed E-state index contributed by atoms with van der Waals surface area (Å²) in [5, 5.41) is 1.78. The summed E-state index contributed by atoms with van der Waals surface area (Å²) in [6.45, 7) is 0. The van der Waals surface area contributed by atoms with Crippen LogP contribution in [0.3, 0.4) is 0 Å². The van der Waals surface area contributed by atoms with Gasteiger partial charge in [-0.3, -0.25) is 12.9 Å². The lowest BCUT2D eigenvalue weighted by Crippen LogP contribution is -2.09. The van der Waals surface area contributed by atoms with Gasteiger partial charge in [0.25, 0.3) is 0 Å². The van der Waals surface area contributed by atoms with Crippen LogP contribution in [0.15, 0.2) is 36.4 Å². The van der Waals surface area contributed by atoms with Gasteiger partial charge in [0.2, 0.25) is 0 Å². The minimum Gasteiger partial charge on any atom is -0.296 e. The smallest absolute Gasteiger partial charge is 0.296 e. The molecule has 0 aliphatic rings. The second-order valence-electron chi connectivity index (χ2n) is 2.89. The van der Waals surface area contributed by atoms with Crippen LogP contribution in [-0.4, -0.2) is 18.2 Å². The summed E-state index contributed by atoms with van der Waals surface area (Å²) in [4.78, 5) is 0. The van der Waals surface area contributed by atoms with E-state index in [1.165, 1.54) is 3.69 Å². The van der Waals surface area contributed by atoms with Gasteiger partial charge in [0.05, 0.1) is 0 Å². The first kappa shape index (κ1) is 9.43. The Morgan fingerprint density at radius 3 is 2.38 bits per heavy atom. The average molecular weight is 249 g/mol. The quantitative estimate of drug-likeness (QED) is 0.682. The van der Waals surface area contributed by atoms with Crippen LogP contribution in [0, 0.1) is 5.82 Å². The molecule has 0 heterocycles. The molecule has 0 unspecified atom stereocenters. The second-order valence-corrected chi connectivity index (χ2v) is 5.60. The summed E-state index contributed by atoms with van der Waals surface area (Å²) >= 11 is 3.12. The van der Waals surface area contributed by atoms with E-state index < -0.39 is 18.2 Å². The Morgan fingerprint density at radius 2 is 1.69 bits per heavy atom. The third-order valence-electron chi connectivity index (χ3n) is 2.11. The predicted octanol–water partition coefficient (Wildman–Crippen LogP) is 2.62. The van der Waals surface area contributed by atoms with Crippen molar-refractivity contribution >= 4 is 45.5 Å². The molecule has 2 aromatic rings. The van der Waals surface area contributed by atoms with Crippen molar-refractivity contribution < 1.29 is 4.39 Å². The lowest BCUT2D eigenvalue weighted by Gasteiger charge is -2.03. The Morgan fingerprint density at radius 1 is 1.00 bits per heavy atom. The summed E-state index contributed by atoms with van der Waals surface area (Å²) in [5.41, 5.74) is 0. The molecule has 0 aliphatic heterocycles. The van der Waals surface area contributed by atoms with E-state index >= 15 is 0 Å². The van der Waals surface area contributed by atoms with Gasteiger partial charge in [-0.05, 0) is 11.5 Å². The number of benzene rings is 2. The van der Waals surface area contributed by atoms with Gasteiger partial charge in [-0.25, -0.2) is 4.39 Å². The van der Waals surface area contributed by atoms with Crippen LogP contribution in [0.5, 0.6) is 0 Å². The summed E-state index contributed by atoms with van der Waals surface area (Å²) in [5.74, 6) is -0.130. The van der Waals surface area contributed by atoms with Crippen LogP contribution in [0.25, 0.3) is 10.8 Å². The summed E-state index contributed by atoms with van der Waals surface area (Å²) in [6, 6.07) is 11.0. The number of fused-ring (bicyclic) bond motifs is 1. The molecule has 0 bridgehead atoms. The monoisotopic (exact) mass is 248 g/mol. The molecular formula is C10H6BrFMg. The molecule has 0 nitrogen and oxygen atoms in total. The number of rotatable bonds is 1. The molecule has 0 fully saturated rings. The molecule has 0 aromatic heterocycles. The minimum absolute atomic E-state index is 0.130. The molecule has 62 valence electrons. The van der Waals surface area contributed by atoms with Gasteiger partial charge >= 0.3 is 18.2 Å². The maximum Gasteiger partial charge on any atom is 0.507 e. The number of hydrogen-bond acceptors (Lipinski definition) is 0. The van der Waals surface area contributed by atoms with Crippen molar-refractivity contribution in [3.05, 3.63) is 42.2 Å². The van der Waals surface area contributed by atoms with E-state index in [0.29, 0.717) is 0 Å². The topological polar surface area (TPSA) is 0 Å². The van der Waals surface area contributed by atoms with Gasteiger partial charge in [0, 0.05) is 5.39 Å². The Labute approximate surface area is 91.7 Å². The van der Waals surface area contributed by atoms with Gasteiger partial charge in [-0.2, -0.15) is 0 Å². The molecular weight excluding hydrogens is 243 g/mol. The van der Waals surface area contributed by atoms with Gasteiger partial charge in [-0.15, -0.1) is 3.69 Å². The zero-order chi connectivity index (χ0) is 9.26. The fraction of sp³-hybridized carbons (Fsp3) is 0. The highest BCUT2D eigenvalue weighted by Gasteiger charge is 2.04. The van der Waals surface area contributed by atoms with Crippen LogP contribution in [0.2, 0.25) is 0 Å². The molecule has 0 saturated carbocycles. The van der Waals surface area contributed by atoms with Crippen molar-refractivity contribution in [3.8, 4) is 0 Å². The fourth-order valence-corrected chi connectivity index (χ4v) is 3.57. The third-order valence-corrected chi connectivity index (χ3v) is 4.82. The Hall–Kier alpha value is -0.124. The predicted molar refractivity (Wildman–Crippen MR) is 58.2 cm³/mol. The lowest BCUT2D eigenvalue weighted by atomic mass is 10.1. The van der Waals surface area contributed by atoms with E-state index in [9.17, 15) is 4.39 Å². The van der Waals surface area contributed by atoms with Crippen molar-refractivity contribution in [3.63, 3.8) is 0 Å². The molecule has 13 heavy (non-hydrogen) atoms. The van der Waals surface area contributed by atoms with Gasteiger partial charge in [0.15, 0.2) is 0 Å². The molecule has 0 N–H and O–H groups in total. The normalized spacial score (nSPS) is 10.0. The first-order valence-corrected chi connectivity index (χ1v) is 8.65. The maximum absolute atomic E-state index is 13.3. The van der Waals surface area contributed by atoms with Crippen LogP contribution in [0.4, 0.5) is 4.39 Å². The lowest BCUT2D eigenvalue weighted by molar-refractivity contribution is 0.640. The minimum atomic E-state index is -0.401. The molecule has 0 atom stereocenters. The summed E-state index contributed by atoms with van der Waals surface area (Å²) in [7, 11) is 0. The zero-order valence-electron chi connectivity index (χ0n) is 6.93. The highest BCUT2D eigenvalue weighted by atomic mass is 79.9. The standard InChI is InChI=1S/C10H6F.BrH.Mg/c11-10-7-3-5-8-4-1-2-6-9(8)10;;/h1-4,6-7H;1H;/q;;+1/p-1. The average Bonchev–Trinajstić information content (AvgIpc) is 2.19. The van der Waals surface area contributed by atoms with Crippen molar-refractivity contribution in [2.75, 3.05) is 0 Å². The van der Waals surface area contributed by atoms with E-state index in [-0.39, 0.29) is 5.82 Å². The highest BCUT2D eigenvalue weighted by Crippen LogP contribution is 2.15. The van der Waals surface area contributed by atoms with E-state index in [2.05, 4.69) is 12.9 Å². The van der Waals surface area contributed by atoms with Crippen LogP contribution in [0.1, 0.15) is 0 Å². The molecule has 2 rings (SSSR count). The van der Waals surface area contributed by atoms with E-state index in [1.807, 2.05) is 30.3 Å². The third kappa shape index (κ3) is 1.73. The highest BCUT2D eigenvalue weighted by molar-refractivity contribution is 9.23. The largest absolute Gasteiger partial charge is 0.507 e. The summed E-state index contributed by atoms with van der Waals surface area (Å²) < 4.78 is 14.6. The van der Waals surface area contributed by atoms with E-state index in [4.69, 9.17) is 0 Å². The van der Waals surface area contributed by atoms with Gasteiger partial charge in [-0.1, -0.05) is 30.3 Å². The molecule has 0 spiro atoms. The van der Waals surface area contributed by atoms with Crippen LogP contribution >= 0.6 is 12.9 Å². The zero-order valence-corrected chi connectivity index (χ0v) is 9.93. The van der Waals surface area contributed by atoms with Crippen LogP contribution in [-0.2, 0) is 0 Å². The first-order chi connectivity index (χ1) is 6.33. The van der Waals surface area contributed by atoms with Crippen LogP contribution < -0.4 is 3.69 Å². The van der Waals surface area contributed by atoms with Crippen molar-refractivity contribution in [2.45, 2.75) is 0 Å². The first-order valence-electron chi connectivity index (χ1n) is 4.05. The number of halogens is 2. The van der Waals surface area contributed by atoms with E-state index in [1.54, 1.807) is 6.07 Å². The second kappa shape index (κ2) is 3.94. The molecule has 3 heteroatoms. The van der Waals surface area contributed by atoms with Crippen molar-refractivity contribution in [1.29, 1.82) is 0 Å². The Balaban J connectivity index is 2.84. The Bertz CT molecular complexity index is 442. The van der Waals surface area contributed by atoms with Gasteiger partial charge < -0.3 is 0 Å².